The van der Waals surface area contributed by atoms with E-state index in [4.69, 9.17) is 9.47 Å². The van der Waals surface area contributed by atoms with Gasteiger partial charge in [0, 0.05) is 13.6 Å². The van der Waals surface area contributed by atoms with Gasteiger partial charge >= 0.3 is 0 Å². The van der Waals surface area contributed by atoms with Gasteiger partial charge < -0.3 is 25.0 Å². The lowest BCUT2D eigenvalue weighted by molar-refractivity contribution is 0.297. The van der Waals surface area contributed by atoms with Crippen LogP contribution in [0, 0.1) is 0 Å². The summed E-state index contributed by atoms with van der Waals surface area (Å²) in [5.41, 5.74) is 0. The molecule has 142 valence electrons. The highest BCUT2D eigenvalue weighted by atomic mass is 16.5. The van der Waals surface area contributed by atoms with E-state index in [1.54, 1.807) is 14.2 Å². The van der Waals surface area contributed by atoms with Crippen LogP contribution in [-0.4, -0.2) is 64.3 Å². The van der Waals surface area contributed by atoms with Crippen molar-refractivity contribution in [2.24, 2.45) is 4.99 Å². The molecule has 0 saturated heterocycles. The Morgan fingerprint density at radius 3 is 2.24 bits per heavy atom. The summed E-state index contributed by atoms with van der Waals surface area (Å²) in [4.78, 5) is 6.68. The Morgan fingerprint density at radius 2 is 1.64 bits per heavy atom. The molecular formula is C19H34N4O2. The van der Waals surface area contributed by atoms with E-state index in [0.717, 1.165) is 50.1 Å². The third-order valence-corrected chi connectivity index (χ3v) is 4.03. The van der Waals surface area contributed by atoms with Gasteiger partial charge in [0.25, 0.3) is 0 Å². The number of methoxy groups -OCH3 is 1. The maximum absolute atomic E-state index is 5.69. The standard InChI is InChI=1S/C19H34N4O2/c1-5-23(6-2)15-8-7-13-21-19(20-3)22-14-16-25-18-11-9-17(24-4)10-12-18/h9-12H,5-8,13-16H2,1-4H3,(H2,20,21,22). The number of guanidine groups is 1. The van der Waals surface area contributed by atoms with Gasteiger partial charge in [-0.2, -0.15) is 0 Å². The molecule has 1 aromatic carbocycles. The molecule has 1 aromatic rings. The molecule has 6 heteroatoms. The Hall–Kier alpha value is -1.95. The van der Waals surface area contributed by atoms with E-state index in [1.165, 1.54) is 6.42 Å². The normalized spacial score (nSPS) is 11.5. The summed E-state index contributed by atoms with van der Waals surface area (Å²) in [6, 6.07) is 7.59. The first-order valence-corrected chi connectivity index (χ1v) is 9.17. The van der Waals surface area contributed by atoms with Crippen LogP contribution in [0.2, 0.25) is 0 Å². The van der Waals surface area contributed by atoms with Gasteiger partial charge in [0.05, 0.1) is 13.7 Å². The maximum Gasteiger partial charge on any atom is 0.191 e. The van der Waals surface area contributed by atoms with Gasteiger partial charge in [-0.15, -0.1) is 0 Å². The first-order chi connectivity index (χ1) is 12.2. The molecule has 0 fully saturated rings. The molecule has 0 atom stereocenters. The van der Waals surface area contributed by atoms with Gasteiger partial charge in [0.1, 0.15) is 18.1 Å². The van der Waals surface area contributed by atoms with Crippen LogP contribution in [0.5, 0.6) is 11.5 Å². The van der Waals surface area contributed by atoms with Crippen LogP contribution < -0.4 is 20.1 Å². The number of ether oxygens (including phenoxy) is 2. The molecule has 25 heavy (non-hydrogen) atoms. The van der Waals surface area contributed by atoms with Crippen molar-refractivity contribution >= 4 is 5.96 Å². The fourth-order valence-corrected chi connectivity index (χ4v) is 2.44. The van der Waals surface area contributed by atoms with Gasteiger partial charge in [-0.1, -0.05) is 13.8 Å². The molecule has 0 heterocycles. The minimum atomic E-state index is 0.578. The van der Waals surface area contributed by atoms with Crippen molar-refractivity contribution in [1.29, 1.82) is 0 Å². The van der Waals surface area contributed by atoms with Crippen molar-refractivity contribution in [3.8, 4) is 11.5 Å². The smallest absolute Gasteiger partial charge is 0.191 e. The predicted molar refractivity (Wildman–Crippen MR) is 105 cm³/mol. The third-order valence-electron chi connectivity index (χ3n) is 4.03. The molecule has 6 nitrogen and oxygen atoms in total. The summed E-state index contributed by atoms with van der Waals surface area (Å²) in [5, 5.41) is 6.60. The zero-order valence-corrected chi connectivity index (χ0v) is 16.2. The van der Waals surface area contributed by atoms with Crippen molar-refractivity contribution < 1.29 is 9.47 Å². The molecule has 0 saturated carbocycles. The molecule has 0 radical (unpaired) electrons. The van der Waals surface area contributed by atoms with Crippen LogP contribution in [0.25, 0.3) is 0 Å². The minimum absolute atomic E-state index is 0.578. The lowest BCUT2D eigenvalue weighted by Crippen LogP contribution is -2.39. The summed E-state index contributed by atoms with van der Waals surface area (Å²) in [6.07, 6.45) is 2.34. The van der Waals surface area contributed by atoms with Crippen LogP contribution in [0.15, 0.2) is 29.3 Å². The molecule has 0 bridgehead atoms. The van der Waals surface area contributed by atoms with Crippen molar-refractivity contribution in [3.05, 3.63) is 24.3 Å². The monoisotopic (exact) mass is 350 g/mol. The lowest BCUT2D eigenvalue weighted by Gasteiger charge is -2.18. The average Bonchev–Trinajstić information content (AvgIpc) is 2.66. The number of benzene rings is 1. The average molecular weight is 351 g/mol. The summed E-state index contributed by atoms with van der Waals surface area (Å²) in [5.74, 6) is 2.49. The van der Waals surface area contributed by atoms with Gasteiger partial charge in [0.2, 0.25) is 0 Å². The van der Waals surface area contributed by atoms with Crippen LogP contribution in [0.4, 0.5) is 0 Å². The van der Waals surface area contributed by atoms with E-state index < -0.39 is 0 Å². The van der Waals surface area contributed by atoms with Crippen molar-refractivity contribution in [2.75, 3.05) is 53.5 Å². The summed E-state index contributed by atoms with van der Waals surface area (Å²) >= 11 is 0. The fourth-order valence-electron chi connectivity index (χ4n) is 2.44. The van der Waals surface area contributed by atoms with E-state index in [0.29, 0.717) is 13.2 Å². The Bertz CT molecular complexity index is 473. The van der Waals surface area contributed by atoms with Gasteiger partial charge in [-0.25, -0.2) is 0 Å². The highest BCUT2D eigenvalue weighted by Gasteiger charge is 2.00. The summed E-state index contributed by atoms with van der Waals surface area (Å²) in [6.45, 7) is 10.0. The number of hydrogen-bond acceptors (Lipinski definition) is 4. The number of hydrogen-bond donors (Lipinski definition) is 2. The summed E-state index contributed by atoms with van der Waals surface area (Å²) in [7, 11) is 3.44. The first-order valence-electron chi connectivity index (χ1n) is 9.17. The summed E-state index contributed by atoms with van der Waals surface area (Å²) < 4.78 is 10.8. The molecule has 0 aliphatic heterocycles. The van der Waals surface area contributed by atoms with E-state index in [-0.39, 0.29) is 0 Å². The topological polar surface area (TPSA) is 58.1 Å². The van der Waals surface area contributed by atoms with Crippen molar-refractivity contribution in [3.63, 3.8) is 0 Å². The lowest BCUT2D eigenvalue weighted by atomic mass is 10.3. The Kier molecular flexibility index (Phi) is 11.3. The van der Waals surface area contributed by atoms with Gasteiger partial charge in [-0.05, 0) is 56.7 Å². The Balaban J connectivity index is 2.11. The third kappa shape index (κ3) is 9.19. The molecule has 1 rings (SSSR count). The zero-order chi connectivity index (χ0) is 18.3. The fraction of sp³-hybridized carbons (Fsp3) is 0.632. The molecule has 0 aliphatic rings. The largest absolute Gasteiger partial charge is 0.497 e. The number of rotatable bonds is 12. The van der Waals surface area contributed by atoms with E-state index in [1.807, 2.05) is 24.3 Å². The second kappa shape index (κ2) is 13.4. The number of unbranched alkanes of at least 4 members (excludes halogenated alkanes) is 1. The van der Waals surface area contributed by atoms with Gasteiger partial charge in [0.15, 0.2) is 5.96 Å². The van der Waals surface area contributed by atoms with E-state index in [9.17, 15) is 0 Å². The second-order valence-electron chi connectivity index (χ2n) is 5.68. The van der Waals surface area contributed by atoms with Crippen LogP contribution >= 0.6 is 0 Å². The van der Waals surface area contributed by atoms with Crippen molar-refractivity contribution in [2.45, 2.75) is 26.7 Å². The molecular weight excluding hydrogens is 316 g/mol. The molecule has 2 N–H and O–H groups in total. The number of nitrogens with zero attached hydrogens (tertiary/aromatic N) is 2. The van der Waals surface area contributed by atoms with Crippen LogP contribution in [-0.2, 0) is 0 Å². The molecule has 0 spiro atoms. The van der Waals surface area contributed by atoms with Gasteiger partial charge in [-0.3, -0.25) is 4.99 Å². The van der Waals surface area contributed by atoms with Crippen LogP contribution in [0.1, 0.15) is 26.7 Å². The zero-order valence-electron chi connectivity index (χ0n) is 16.2. The SMILES string of the molecule is CCN(CC)CCCCNC(=NC)NCCOc1ccc(OC)cc1. The highest BCUT2D eigenvalue weighted by molar-refractivity contribution is 5.79. The predicted octanol–water partition coefficient (Wildman–Crippen LogP) is 2.36. The quantitative estimate of drug-likeness (QED) is 0.344. The first kappa shape index (κ1) is 21.1. The minimum Gasteiger partial charge on any atom is -0.497 e. The molecule has 0 unspecified atom stereocenters. The van der Waals surface area contributed by atoms with Crippen LogP contribution in [0.3, 0.4) is 0 Å². The Labute approximate surface area is 152 Å². The molecule has 0 aliphatic carbocycles. The maximum atomic E-state index is 5.69. The van der Waals surface area contributed by atoms with E-state index in [2.05, 4.69) is 34.4 Å². The highest BCUT2D eigenvalue weighted by Crippen LogP contribution is 2.16. The Morgan fingerprint density at radius 1 is 1.00 bits per heavy atom. The number of aliphatic imine (C=N–C) groups is 1. The van der Waals surface area contributed by atoms with Crippen molar-refractivity contribution in [1.82, 2.24) is 15.5 Å². The second-order valence-corrected chi connectivity index (χ2v) is 5.68. The molecule has 0 aromatic heterocycles. The van der Waals surface area contributed by atoms with E-state index >= 15 is 0 Å². The number of nitrogens with one attached hydrogen (secondary N) is 2. The molecule has 0 amide bonds.